The molecule has 0 aromatic carbocycles. The molecule has 0 radical (unpaired) electrons. The van der Waals surface area contributed by atoms with Crippen molar-refractivity contribution in [2.24, 2.45) is 12.5 Å². The number of aryl methyl sites for hydroxylation is 1. The van der Waals surface area contributed by atoms with Gasteiger partial charge in [-0.05, 0) is 12.5 Å². The predicted octanol–water partition coefficient (Wildman–Crippen LogP) is 1.54. The average Bonchev–Trinajstić information content (AvgIpc) is 2.50. The van der Waals surface area contributed by atoms with Crippen molar-refractivity contribution in [2.75, 3.05) is 12.8 Å². The average molecular weight is 228 g/mol. The van der Waals surface area contributed by atoms with E-state index in [4.69, 9.17) is 0 Å². The van der Waals surface area contributed by atoms with Crippen molar-refractivity contribution in [1.29, 1.82) is 0 Å². The Morgan fingerprint density at radius 3 is 2.60 bits per heavy atom. The number of rotatable bonds is 4. The van der Waals surface area contributed by atoms with Gasteiger partial charge in [0.2, 0.25) is 0 Å². The van der Waals surface area contributed by atoms with E-state index in [0.29, 0.717) is 6.04 Å². The molecule has 0 spiro atoms. The monoisotopic (exact) mass is 228 g/mol. The normalized spacial score (nSPS) is 14.2. The molecule has 0 amide bonds. The van der Waals surface area contributed by atoms with Crippen LogP contribution >= 0.6 is 11.8 Å². The quantitative estimate of drug-likeness (QED) is 0.794. The fourth-order valence-electron chi connectivity index (χ4n) is 1.33. The summed E-state index contributed by atoms with van der Waals surface area (Å²) >= 11 is 1.74. The van der Waals surface area contributed by atoms with Gasteiger partial charge < -0.3 is 9.88 Å². The van der Waals surface area contributed by atoms with Crippen LogP contribution in [0, 0.1) is 5.41 Å². The summed E-state index contributed by atoms with van der Waals surface area (Å²) in [5.41, 5.74) is 0.264. The summed E-state index contributed by atoms with van der Waals surface area (Å²) in [6.45, 7) is 6.72. The van der Waals surface area contributed by atoms with E-state index < -0.39 is 0 Å². The largest absolute Gasteiger partial charge is 0.316 e. The molecule has 0 fully saturated rings. The van der Waals surface area contributed by atoms with E-state index in [9.17, 15) is 0 Å². The van der Waals surface area contributed by atoms with E-state index >= 15 is 0 Å². The molecule has 1 aromatic heterocycles. The summed E-state index contributed by atoms with van der Waals surface area (Å²) in [7, 11) is 3.97. The molecule has 86 valence electrons. The van der Waals surface area contributed by atoms with Gasteiger partial charge in [-0.15, -0.1) is 10.2 Å². The third-order valence-electron chi connectivity index (χ3n) is 2.44. The molecule has 0 bridgehead atoms. The van der Waals surface area contributed by atoms with Crippen LogP contribution in [-0.2, 0) is 7.05 Å². The lowest BCUT2D eigenvalue weighted by Gasteiger charge is -2.29. The van der Waals surface area contributed by atoms with Crippen molar-refractivity contribution in [2.45, 2.75) is 32.0 Å². The molecule has 0 aliphatic rings. The summed E-state index contributed by atoms with van der Waals surface area (Å²) in [5, 5.41) is 12.2. The summed E-state index contributed by atoms with van der Waals surface area (Å²) in [6.07, 6.45) is 1.73. The van der Waals surface area contributed by atoms with Crippen molar-refractivity contribution in [3.8, 4) is 0 Å². The minimum Gasteiger partial charge on any atom is -0.316 e. The van der Waals surface area contributed by atoms with Crippen LogP contribution < -0.4 is 5.32 Å². The van der Waals surface area contributed by atoms with Gasteiger partial charge in [0.05, 0.1) is 0 Å². The minimum absolute atomic E-state index is 0.264. The van der Waals surface area contributed by atoms with Crippen molar-refractivity contribution in [3.63, 3.8) is 0 Å². The molecule has 4 nitrogen and oxygen atoms in total. The number of thioether (sulfide) groups is 1. The van der Waals surface area contributed by atoms with Crippen molar-refractivity contribution < 1.29 is 0 Å². The van der Waals surface area contributed by atoms with Gasteiger partial charge in [-0.3, -0.25) is 0 Å². The van der Waals surface area contributed by atoms with E-state index in [1.807, 2.05) is 18.7 Å². The first-order chi connectivity index (χ1) is 6.95. The first kappa shape index (κ1) is 12.5. The molecule has 1 heterocycles. The van der Waals surface area contributed by atoms with Gasteiger partial charge in [0.15, 0.2) is 5.16 Å². The lowest BCUT2D eigenvalue weighted by molar-refractivity contribution is 0.305. The van der Waals surface area contributed by atoms with Crippen LogP contribution in [0.3, 0.4) is 0 Å². The molecular formula is C10H20N4S. The third-order valence-corrected chi connectivity index (χ3v) is 3.57. The van der Waals surface area contributed by atoms with Crippen molar-refractivity contribution in [3.05, 3.63) is 6.33 Å². The van der Waals surface area contributed by atoms with Crippen molar-refractivity contribution >= 4 is 11.8 Å². The molecule has 1 rings (SSSR count). The van der Waals surface area contributed by atoms with Crippen LogP contribution in [0.2, 0.25) is 0 Å². The van der Waals surface area contributed by atoms with E-state index in [-0.39, 0.29) is 5.41 Å². The van der Waals surface area contributed by atoms with Crippen molar-refractivity contribution in [1.82, 2.24) is 20.1 Å². The Labute approximate surface area is 95.9 Å². The molecule has 1 N–H and O–H groups in total. The Bertz CT molecular complexity index is 303. The molecular weight excluding hydrogens is 208 g/mol. The first-order valence-electron chi connectivity index (χ1n) is 5.09. The van der Waals surface area contributed by atoms with Gasteiger partial charge in [-0.25, -0.2) is 0 Å². The maximum absolute atomic E-state index is 4.05. The molecule has 0 saturated carbocycles. The fourth-order valence-corrected chi connectivity index (χ4v) is 2.67. The lowest BCUT2D eigenvalue weighted by atomic mass is 9.88. The number of aromatic nitrogens is 3. The van der Waals surface area contributed by atoms with Crippen LogP contribution in [0.4, 0.5) is 0 Å². The Kier molecular flexibility index (Phi) is 4.16. The summed E-state index contributed by atoms with van der Waals surface area (Å²) in [4.78, 5) is 0. The van der Waals surface area contributed by atoms with E-state index in [1.54, 1.807) is 18.1 Å². The molecule has 1 unspecified atom stereocenters. The zero-order valence-corrected chi connectivity index (χ0v) is 10.9. The van der Waals surface area contributed by atoms with Crippen LogP contribution in [0.25, 0.3) is 0 Å². The minimum atomic E-state index is 0.264. The van der Waals surface area contributed by atoms with Gasteiger partial charge in [-0.1, -0.05) is 32.5 Å². The molecule has 15 heavy (non-hydrogen) atoms. The predicted molar refractivity (Wildman–Crippen MR) is 64.0 cm³/mol. The highest BCUT2D eigenvalue weighted by Gasteiger charge is 2.23. The smallest absolute Gasteiger partial charge is 0.190 e. The standard InChI is InChI=1S/C10H20N4S/c1-10(2,3)8(11-4)6-15-9-13-12-7-14(9)5/h7-8,11H,6H2,1-5H3. The Balaban J connectivity index is 2.52. The Morgan fingerprint density at radius 1 is 1.53 bits per heavy atom. The van der Waals surface area contributed by atoms with Gasteiger partial charge in [0.25, 0.3) is 0 Å². The van der Waals surface area contributed by atoms with E-state index in [1.165, 1.54) is 0 Å². The zero-order valence-electron chi connectivity index (χ0n) is 10.1. The molecule has 1 atom stereocenters. The second-order valence-corrected chi connectivity index (χ2v) is 5.73. The third kappa shape index (κ3) is 3.50. The summed E-state index contributed by atoms with van der Waals surface area (Å²) < 4.78 is 1.94. The first-order valence-corrected chi connectivity index (χ1v) is 6.07. The van der Waals surface area contributed by atoms with Gasteiger partial charge in [0.1, 0.15) is 6.33 Å². The van der Waals surface area contributed by atoms with Gasteiger partial charge in [0, 0.05) is 18.8 Å². The number of hydrogen-bond donors (Lipinski definition) is 1. The highest BCUT2D eigenvalue weighted by Crippen LogP contribution is 2.24. The SMILES string of the molecule is CNC(CSc1nncn1C)C(C)(C)C. The van der Waals surface area contributed by atoms with E-state index in [2.05, 4.69) is 36.3 Å². The fraction of sp³-hybridized carbons (Fsp3) is 0.800. The Hall–Kier alpha value is -0.550. The maximum atomic E-state index is 4.05. The number of hydrogen-bond acceptors (Lipinski definition) is 4. The van der Waals surface area contributed by atoms with Crippen LogP contribution in [-0.4, -0.2) is 33.6 Å². The Morgan fingerprint density at radius 2 is 2.20 bits per heavy atom. The molecule has 0 aliphatic heterocycles. The number of nitrogens with zero attached hydrogens (tertiary/aromatic N) is 3. The lowest BCUT2D eigenvalue weighted by Crippen LogP contribution is -2.40. The summed E-state index contributed by atoms with van der Waals surface area (Å²) in [6, 6.07) is 0.471. The molecule has 5 heteroatoms. The number of nitrogens with one attached hydrogen (secondary N) is 1. The van der Waals surface area contributed by atoms with E-state index in [0.717, 1.165) is 10.9 Å². The van der Waals surface area contributed by atoms with Crippen LogP contribution in [0.15, 0.2) is 11.5 Å². The molecule has 1 aromatic rings. The topological polar surface area (TPSA) is 42.7 Å². The maximum Gasteiger partial charge on any atom is 0.190 e. The molecule has 0 aliphatic carbocycles. The molecule has 0 saturated heterocycles. The highest BCUT2D eigenvalue weighted by atomic mass is 32.2. The highest BCUT2D eigenvalue weighted by molar-refractivity contribution is 7.99. The van der Waals surface area contributed by atoms with Gasteiger partial charge in [-0.2, -0.15) is 0 Å². The summed E-state index contributed by atoms with van der Waals surface area (Å²) in [5.74, 6) is 1.01. The van der Waals surface area contributed by atoms with Crippen LogP contribution in [0.5, 0.6) is 0 Å². The van der Waals surface area contributed by atoms with Crippen LogP contribution in [0.1, 0.15) is 20.8 Å². The second kappa shape index (κ2) is 4.99. The zero-order chi connectivity index (χ0) is 11.5. The second-order valence-electron chi connectivity index (χ2n) is 4.74. The van der Waals surface area contributed by atoms with Gasteiger partial charge >= 0.3 is 0 Å².